The Kier molecular flexibility index (Phi) is 3.01. The van der Waals surface area contributed by atoms with Crippen molar-refractivity contribution in [2.75, 3.05) is 6.67 Å². The lowest BCUT2D eigenvalue weighted by molar-refractivity contribution is -0.145. The highest BCUT2D eigenvalue weighted by Crippen LogP contribution is 2.22. The number of hydrogen-bond acceptors (Lipinski definition) is 2. The average Bonchev–Trinajstić information content (AvgIpc) is 1.83. The summed E-state index contributed by atoms with van der Waals surface area (Å²) in [5.41, 5.74) is 0. The predicted molar refractivity (Wildman–Crippen MR) is 29.9 cm³/mol. The fourth-order valence-electron chi connectivity index (χ4n) is 0.219. The highest BCUT2D eigenvalue weighted by molar-refractivity contribution is 9.10. The molecule has 0 atom stereocenters. The van der Waals surface area contributed by atoms with E-state index in [-0.39, 0.29) is 0 Å². The van der Waals surface area contributed by atoms with Gasteiger partial charge >= 0.3 is 4.83 Å². The monoisotopic (exact) mass is 218 g/mol. The molecule has 10 heavy (non-hydrogen) atoms. The van der Waals surface area contributed by atoms with Crippen LogP contribution in [-0.2, 0) is 9.59 Å². The maximum absolute atomic E-state index is 11.7. The normalized spacial score (nSPS) is 11.2. The van der Waals surface area contributed by atoms with Crippen LogP contribution >= 0.6 is 15.9 Å². The molecule has 6 heteroatoms. The fourth-order valence-corrected chi connectivity index (χ4v) is 0.440. The van der Waals surface area contributed by atoms with Gasteiger partial charge in [-0.05, 0) is 15.9 Å². The van der Waals surface area contributed by atoms with Crippen molar-refractivity contribution in [3.8, 4) is 0 Å². The van der Waals surface area contributed by atoms with Crippen LogP contribution in [0.3, 0.4) is 0 Å². The molecule has 0 saturated heterocycles. The molecule has 0 aromatic rings. The Labute approximate surface area is 62.5 Å². The second kappa shape index (κ2) is 3.14. The predicted octanol–water partition coefficient (Wildman–Crippen LogP) is 1.08. The number of Topliss-reactive ketones (excluding diaryl/α,β-unsaturated/α-hetero) is 2. The van der Waals surface area contributed by atoms with Gasteiger partial charge < -0.3 is 0 Å². The summed E-state index contributed by atoms with van der Waals surface area (Å²) in [6, 6.07) is 0. The third kappa shape index (κ3) is 2.47. The van der Waals surface area contributed by atoms with Crippen LogP contribution in [0.25, 0.3) is 0 Å². The van der Waals surface area contributed by atoms with Gasteiger partial charge in [0.15, 0.2) is 6.67 Å². The van der Waals surface area contributed by atoms with E-state index in [1.54, 1.807) is 15.9 Å². The lowest BCUT2D eigenvalue weighted by Gasteiger charge is -2.01. The summed E-state index contributed by atoms with van der Waals surface area (Å²) in [5, 5.41) is 0. The second-order valence-electron chi connectivity index (χ2n) is 1.38. The molecular formula is C4H2BrF3O2. The van der Waals surface area contributed by atoms with Crippen LogP contribution in [0, 0.1) is 0 Å². The van der Waals surface area contributed by atoms with Gasteiger partial charge in [0.25, 0.3) is 5.78 Å². The van der Waals surface area contributed by atoms with Crippen molar-refractivity contribution in [1.82, 2.24) is 0 Å². The van der Waals surface area contributed by atoms with Gasteiger partial charge in [-0.25, -0.2) is 4.39 Å². The van der Waals surface area contributed by atoms with E-state index in [0.29, 0.717) is 0 Å². The summed E-state index contributed by atoms with van der Waals surface area (Å²) in [5.74, 6) is -3.79. The molecule has 0 unspecified atom stereocenters. The maximum atomic E-state index is 11.7. The van der Waals surface area contributed by atoms with E-state index in [9.17, 15) is 22.8 Å². The van der Waals surface area contributed by atoms with Crippen LogP contribution in [0.4, 0.5) is 13.2 Å². The van der Waals surface area contributed by atoms with Gasteiger partial charge in [0.05, 0.1) is 0 Å². The fraction of sp³-hybridized carbons (Fsp3) is 0.500. The SMILES string of the molecule is O=C(CF)C(=O)C(F)(F)Br. The Hall–Kier alpha value is -0.390. The summed E-state index contributed by atoms with van der Waals surface area (Å²) < 4.78 is 34.7. The maximum Gasteiger partial charge on any atom is 0.366 e. The van der Waals surface area contributed by atoms with E-state index < -0.39 is 23.1 Å². The molecule has 0 aliphatic carbocycles. The van der Waals surface area contributed by atoms with Crippen LogP contribution < -0.4 is 0 Å². The van der Waals surface area contributed by atoms with E-state index in [1.165, 1.54) is 0 Å². The first kappa shape index (κ1) is 9.61. The summed E-state index contributed by atoms with van der Waals surface area (Å²) in [6.07, 6.45) is 0. The highest BCUT2D eigenvalue weighted by atomic mass is 79.9. The Morgan fingerprint density at radius 1 is 1.40 bits per heavy atom. The van der Waals surface area contributed by atoms with Crippen molar-refractivity contribution in [2.45, 2.75) is 4.83 Å². The van der Waals surface area contributed by atoms with E-state index in [1.807, 2.05) is 0 Å². The first-order valence-corrected chi connectivity index (χ1v) is 2.89. The first-order valence-electron chi connectivity index (χ1n) is 2.10. The van der Waals surface area contributed by atoms with Crippen molar-refractivity contribution >= 4 is 27.5 Å². The van der Waals surface area contributed by atoms with Gasteiger partial charge in [0.2, 0.25) is 5.78 Å². The van der Waals surface area contributed by atoms with Gasteiger partial charge in [-0.3, -0.25) is 9.59 Å². The molecule has 0 N–H and O–H groups in total. The minimum Gasteiger partial charge on any atom is -0.288 e. The minimum atomic E-state index is -3.93. The zero-order valence-corrected chi connectivity index (χ0v) is 6.12. The molecule has 0 heterocycles. The molecule has 0 amide bonds. The van der Waals surface area contributed by atoms with Gasteiger partial charge in [-0.15, -0.1) is 0 Å². The molecule has 0 fully saturated rings. The molecule has 0 aliphatic heterocycles. The number of carbonyl (C=O) groups is 2. The third-order valence-electron chi connectivity index (χ3n) is 0.632. The van der Waals surface area contributed by atoms with E-state index >= 15 is 0 Å². The van der Waals surface area contributed by atoms with Gasteiger partial charge in [-0.1, -0.05) is 0 Å². The summed E-state index contributed by atoms with van der Waals surface area (Å²) in [4.78, 5) is 16.0. The summed E-state index contributed by atoms with van der Waals surface area (Å²) in [6.45, 7) is -1.69. The number of ketones is 2. The Morgan fingerprint density at radius 2 is 1.80 bits per heavy atom. The van der Waals surface area contributed by atoms with Crippen molar-refractivity contribution in [3.63, 3.8) is 0 Å². The second-order valence-corrected chi connectivity index (χ2v) is 2.38. The zero-order chi connectivity index (χ0) is 8.36. The molecule has 0 radical (unpaired) electrons. The molecule has 0 saturated carbocycles. The number of halogens is 4. The molecule has 58 valence electrons. The van der Waals surface area contributed by atoms with E-state index in [0.717, 1.165) is 0 Å². The minimum absolute atomic E-state index is 1.61. The van der Waals surface area contributed by atoms with Crippen LogP contribution in [-0.4, -0.2) is 23.1 Å². The lowest BCUT2D eigenvalue weighted by Crippen LogP contribution is -2.30. The number of hydrogen-bond donors (Lipinski definition) is 0. The number of rotatable bonds is 3. The molecule has 0 aliphatic rings. The largest absolute Gasteiger partial charge is 0.366 e. The molecule has 0 aromatic heterocycles. The molecule has 0 rings (SSSR count). The molecule has 0 aromatic carbocycles. The van der Waals surface area contributed by atoms with Gasteiger partial charge in [-0.2, -0.15) is 8.78 Å². The van der Waals surface area contributed by atoms with Crippen LogP contribution in [0.15, 0.2) is 0 Å². The lowest BCUT2D eigenvalue weighted by atomic mass is 10.3. The van der Waals surface area contributed by atoms with E-state index in [4.69, 9.17) is 0 Å². The first-order chi connectivity index (χ1) is 4.39. The third-order valence-corrected chi connectivity index (χ3v) is 0.992. The average molecular weight is 219 g/mol. The molecule has 0 spiro atoms. The number of carbonyl (C=O) groups excluding carboxylic acids is 2. The van der Waals surface area contributed by atoms with Crippen LogP contribution in [0.1, 0.15) is 0 Å². The zero-order valence-electron chi connectivity index (χ0n) is 4.54. The highest BCUT2D eigenvalue weighted by Gasteiger charge is 2.39. The van der Waals surface area contributed by atoms with Gasteiger partial charge in [0, 0.05) is 0 Å². The smallest absolute Gasteiger partial charge is 0.288 e. The van der Waals surface area contributed by atoms with Crippen molar-refractivity contribution in [3.05, 3.63) is 0 Å². The molecule has 0 bridgehead atoms. The Morgan fingerprint density at radius 3 is 1.90 bits per heavy atom. The summed E-state index contributed by atoms with van der Waals surface area (Å²) in [7, 11) is 0. The van der Waals surface area contributed by atoms with E-state index in [2.05, 4.69) is 0 Å². The van der Waals surface area contributed by atoms with Crippen molar-refractivity contribution in [2.24, 2.45) is 0 Å². The summed E-state index contributed by atoms with van der Waals surface area (Å²) >= 11 is 1.61. The topological polar surface area (TPSA) is 34.1 Å². The van der Waals surface area contributed by atoms with Crippen molar-refractivity contribution < 1.29 is 22.8 Å². The van der Waals surface area contributed by atoms with Crippen molar-refractivity contribution in [1.29, 1.82) is 0 Å². The van der Waals surface area contributed by atoms with Crippen LogP contribution in [0.2, 0.25) is 0 Å². The molecular weight excluding hydrogens is 217 g/mol. The quantitative estimate of drug-likeness (QED) is 0.525. The van der Waals surface area contributed by atoms with Gasteiger partial charge in [0.1, 0.15) is 0 Å². The molecule has 2 nitrogen and oxygen atoms in total. The standard InChI is InChI=1S/C4H2BrF3O2/c5-4(7,8)3(10)2(9)1-6/h1H2. The number of alkyl halides is 4. The Bertz CT molecular complexity index is 162. The van der Waals surface area contributed by atoms with Crippen LogP contribution in [0.5, 0.6) is 0 Å². The Balaban J connectivity index is 4.24.